The Morgan fingerprint density at radius 2 is 1.94 bits per heavy atom. The molecule has 0 bridgehead atoms. The summed E-state index contributed by atoms with van der Waals surface area (Å²) in [5.41, 5.74) is 1.44. The number of benzene rings is 1. The Bertz CT molecular complexity index is 370. The fraction of sp³-hybridized carbons (Fsp3) is 0.538. The smallest absolute Gasteiger partial charge is 0.123 e. The Morgan fingerprint density at radius 1 is 1.25 bits per heavy atom. The van der Waals surface area contributed by atoms with Gasteiger partial charge in [-0.3, -0.25) is 0 Å². The lowest BCUT2D eigenvalue weighted by atomic mass is 9.82. The van der Waals surface area contributed by atoms with E-state index in [0.29, 0.717) is 5.41 Å². The van der Waals surface area contributed by atoms with Crippen molar-refractivity contribution in [2.24, 2.45) is 5.41 Å². The third kappa shape index (κ3) is 2.67. The zero-order valence-electron chi connectivity index (χ0n) is 9.11. The number of hydrogen-bond acceptors (Lipinski definition) is 0. The van der Waals surface area contributed by atoms with Gasteiger partial charge in [0.1, 0.15) is 5.82 Å². The highest BCUT2D eigenvalue weighted by molar-refractivity contribution is 9.10. The van der Waals surface area contributed by atoms with Crippen molar-refractivity contribution in [3.63, 3.8) is 0 Å². The summed E-state index contributed by atoms with van der Waals surface area (Å²) in [5.74, 6) is -0.138. The third-order valence-corrected chi connectivity index (χ3v) is 5.48. The highest BCUT2D eigenvalue weighted by Gasteiger charge is 2.33. The summed E-state index contributed by atoms with van der Waals surface area (Å²) in [6, 6.07) is 4.97. The molecule has 0 spiro atoms. The summed E-state index contributed by atoms with van der Waals surface area (Å²) in [6.45, 7) is 0. The van der Waals surface area contributed by atoms with E-state index in [1.165, 1.54) is 31.7 Å². The second-order valence-corrected chi connectivity index (χ2v) is 6.17. The first-order chi connectivity index (χ1) is 7.65. The van der Waals surface area contributed by atoms with Crippen molar-refractivity contribution in [2.75, 3.05) is 5.33 Å². The monoisotopic (exact) mass is 348 g/mol. The summed E-state index contributed by atoms with van der Waals surface area (Å²) < 4.78 is 14.2. The molecule has 0 atom stereocenters. The van der Waals surface area contributed by atoms with Crippen LogP contribution in [-0.4, -0.2) is 5.33 Å². The Hall–Kier alpha value is 0.110. The molecule has 0 N–H and O–H groups in total. The van der Waals surface area contributed by atoms with Gasteiger partial charge >= 0.3 is 0 Å². The van der Waals surface area contributed by atoms with Crippen molar-refractivity contribution in [3.05, 3.63) is 34.1 Å². The zero-order valence-corrected chi connectivity index (χ0v) is 12.3. The number of alkyl halides is 1. The van der Waals surface area contributed by atoms with Crippen LogP contribution in [0.1, 0.15) is 31.2 Å². The van der Waals surface area contributed by atoms with Crippen LogP contribution in [0.5, 0.6) is 0 Å². The van der Waals surface area contributed by atoms with Gasteiger partial charge in [0.2, 0.25) is 0 Å². The molecule has 0 aliphatic heterocycles. The summed E-state index contributed by atoms with van der Waals surface area (Å²) in [4.78, 5) is 0. The van der Waals surface area contributed by atoms with E-state index in [4.69, 9.17) is 0 Å². The standard InChI is InChI=1S/C13H15Br2F/c14-9-13(5-1-2-6-13)8-10-7-11(16)3-4-12(10)15/h3-4,7H,1-2,5-6,8-9H2. The average Bonchev–Trinajstić information content (AvgIpc) is 2.73. The van der Waals surface area contributed by atoms with E-state index in [-0.39, 0.29) is 5.82 Å². The molecule has 1 fully saturated rings. The fourth-order valence-electron chi connectivity index (χ4n) is 2.57. The molecule has 1 aliphatic rings. The van der Waals surface area contributed by atoms with Gasteiger partial charge in [0, 0.05) is 9.80 Å². The van der Waals surface area contributed by atoms with Gasteiger partial charge < -0.3 is 0 Å². The van der Waals surface area contributed by atoms with Crippen LogP contribution in [0.4, 0.5) is 4.39 Å². The molecule has 16 heavy (non-hydrogen) atoms. The number of halogens is 3. The maximum Gasteiger partial charge on any atom is 0.123 e. The summed E-state index contributed by atoms with van der Waals surface area (Å²) >= 11 is 7.13. The van der Waals surface area contributed by atoms with Crippen LogP contribution in [0.15, 0.2) is 22.7 Å². The number of hydrogen-bond donors (Lipinski definition) is 0. The van der Waals surface area contributed by atoms with E-state index < -0.39 is 0 Å². The van der Waals surface area contributed by atoms with Crippen LogP contribution in [0.3, 0.4) is 0 Å². The molecule has 3 heteroatoms. The van der Waals surface area contributed by atoms with Crippen LogP contribution >= 0.6 is 31.9 Å². The molecule has 0 nitrogen and oxygen atoms in total. The molecule has 0 amide bonds. The molecule has 1 aromatic rings. The van der Waals surface area contributed by atoms with Gasteiger partial charge in [-0.2, -0.15) is 0 Å². The second kappa shape index (κ2) is 5.18. The molecule has 1 aromatic carbocycles. The molecular formula is C13H15Br2F. The molecule has 0 heterocycles. The Morgan fingerprint density at radius 3 is 2.56 bits per heavy atom. The van der Waals surface area contributed by atoms with Crippen molar-refractivity contribution in [2.45, 2.75) is 32.1 Å². The van der Waals surface area contributed by atoms with E-state index >= 15 is 0 Å². The predicted molar refractivity (Wildman–Crippen MR) is 72.5 cm³/mol. The average molecular weight is 350 g/mol. The van der Waals surface area contributed by atoms with Gasteiger partial charge in [0.05, 0.1) is 0 Å². The zero-order chi connectivity index (χ0) is 11.6. The summed E-state index contributed by atoms with van der Waals surface area (Å²) in [6.07, 6.45) is 6.08. The minimum atomic E-state index is -0.138. The van der Waals surface area contributed by atoms with Crippen LogP contribution in [-0.2, 0) is 6.42 Å². The SMILES string of the molecule is Fc1ccc(Br)c(CC2(CBr)CCCC2)c1. The van der Waals surface area contributed by atoms with Crippen LogP contribution in [0.25, 0.3) is 0 Å². The lowest BCUT2D eigenvalue weighted by Crippen LogP contribution is -2.21. The van der Waals surface area contributed by atoms with Crippen molar-refractivity contribution in [1.29, 1.82) is 0 Å². The van der Waals surface area contributed by atoms with E-state index in [1.807, 2.05) is 6.07 Å². The molecule has 1 saturated carbocycles. The predicted octanol–water partition coefficient (Wildman–Crippen LogP) is 5.09. The Labute approximate surface area is 113 Å². The lowest BCUT2D eigenvalue weighted by Gasteiger charge is -2.27. The van der Waals surface area contributed by atoms with Crippen molar-refractivity contribution >= 4 is 31.9 Å². The second-order valence-electron chi connectivity index (χ2n) is 4.75. The third-order valence-electron chi connectivity index (χ3n) is 3.52. The maximum absolute atomic E-state index is 13.2. The summed E-state index contributed by atoms with van der Waals surface area (Å²) in [7, 11) is 0. The normalized spacial score (nSPS) is 18.9. The Kier molecular flexibility index (Phi) is 4.06. The van der Waals surface area contributed by atoms with Gasteiger partial charge in [-0.25, -0.2) is 4.39 Å². The van der Waals surface area contributed by atoms with Crippen molar-refractivity contribution in [1.82, 2.24) is 0 Å². The van der Waals surface area contributed by atoms with E-state index in [2.05, 4.69) is 31.9 Å². The van der Waals surface area contributed by atoms with Gasteiger partial charge in [-0.05, 0) is 48.4 Å². The first kappa shape index (κ1) is 12.6. The molecule has 0 unspecified atom stereocenters. The molecule has 0 aromatic heterocycles. The van der Waals surface area contributed by atoms with E-state index in [9.17, 15) is 4.39 Å². The highest BCUT2D eigenvalue weighted by Crippen LogP contribution is 2.43. The quantitative estimate of drug-likeness (QED) is 0.667. The van der Waals surface area contributed by atoms with Crippen molar-refractivity contribution < 1.29 is 4.39 Å². The Balaban J connectivity index is 2.21. The summed E-state index contributed by atoms with van der Waals surface area (Å²) in [5, 5.41) is 1.02. The molecule has 88 valence electrons. The maximum atomic E-state index is 13.2. The first-order valence-corrected chi connectivity index (χ1v) is 7.57. The van der Waals surface area contributed by atoms with Crippen LogP contribution < -0.4 is 0 Å². The highest BCUT2D eigenvalue weighted by atomic mass is 79.9. The lowest BCUT2D eigenvalue weighted by molar-refractivity contribution is 0.345. The largest absolute Gasteiger partial charge is 0.207 e. The minimum absolute atomic E-state index is 0.138. The van der Waals surface area contributed by atoms with E-state index in [1.54, 1.807) is 6.07 Å². The van der Waals surface area contributed by atoms with E-state index in [0.717, 1.165) is 21.8 Å². The first-order valence-electron chi connectivity index (χ1n) is 5.65. The molecule has 2 rings (SSSR count). The van der Waals surface area contributed by atoms with Gasteiger partial charge in [0.15, 0.2) is 0 Å². The van der Waals surface area contributed by atoms with Gasteiger partial charge in [-0.15, -0.1) is 0 Å². The fourth-order valence-corrected chi connectivity index (χ4v) is 3.71. The molecule has 0 saturated heterocycles. The molecule has 1 aliphatic carbocycles. The van der Waals surface area contributed by atoms with Gasteiger partial charge in [-0.1, -0.05) is 44.7 Å². The van der Waals surface area contributed by atoms with Crippen LogP contribution in [0.2, 0.25) is 0 Å². The molecular weight excluding hydrogens is 335 g/mol. The van der Waals surface area contributed by atoms with Crippen LogP contribution in [0, 0.1) is 11.2 Å². The number of rotatable bonds is 3. The van der Waals surface area contributed by atoms with Crippen molar-refractivity contribution in [3.8, 4) is 0 Å². The molecule has 0 radical (unpaired) electrons. The minimum Gasteiger partial charge on any atom is -0.207 e. The van der Waals surface area contributed by atoms with Gasteiger partial charge in [0.25, 0.3) is 0 Å². The topological polar surface area (TPSA) is 0 Å².